The third kappa shape index (κ3) is 5.13. The molecule has 6 nitrogen and oxygen atoms in total. The summed E-state index contributed by atoms with van der Waals surface area (Å²) in [6, 6.07) is 20.0. The van der Waals surface area contributed by atoms with Crippen LogP contribution < -0.4 is 5.32 Å². The van der Waals surface area contributed by atoms with Gasteiger partial charge in [0, 0.05) is 15.7 Å². The van der Waals surface area contributed by atoms with Gasteiger partial charge in [0.15, 0.2) is 5.78 Å². The number of fused-ring (bicyclic) bond motifs is 3. The maximum absolute atomic E-state index is 13.1. The summed E-state index contributed by atoms with van der Waals surface area (Å²) in [5.74, 6) is -1.12. The number of carbonyl (C=O) groups is 3. The number of nitrogens with one attached hydrogen (secondary N) is 1. The third-order valence-corrected chi connectivity index (χ3v) is 10.1. The number of carboxylic acids is 1. The molecule has 6 rings (SSSR count). The molecule has 2 aliphatic rings. The summed E-state index contributed by atoms with van der Waals surface area (Å²) >= 11 is 2.72. The van der Waals surface area contributed by atoms with Gasteiger partial charge in [0.05, 0.1) is 11.4 Å². The van der Waals surface area contributed by atoms with Crippen LogP contribution in [0.4, 0.5) is 4.79 Å². The molecule has 2 aromatic heterocycles. The van der Waals surface area contributed by atoms with Gasteiger partial charge in [-0.15, -0.1) is 22.7 Å². The van der Waals surface area contributed by atoms with Crippen molar-refractivity contribution < 1.29 is 24.2 Å². The number of hydrogen-bond donors (Lipinski definition) is 2. The van der Waals surface area contributed by atoms with Crippen LogP contribution in [0.1, 0.15) is 76.5 Å². The van der Waals surface area contributed by atoms with E-state index < -0.39 is 12.1 Å². The van der Waals surface area contributed by atoms with Gasteiger partial charge in [-0.2, -0.15) is 0 Å². The molecule has 8 heteroatoms. The second-order valence-corrected chi connectivity index (χ2v) is 12.9. The largest absolute Gasteiger partial charge is 0.477 e. The van der Waals surface area contributed by atoms with Crippen LogP contribution in [-0.2, 0) is 4.74 Å². The predicted octanol–water partition coefficient (Wildman–Crippen LogP) is 7.94. The molecule has 0 aliphatic heterocycles. The van der Waals surface area contributed by atoms with Gasteiger partial charge in [0.2, 0.25) is 0 Å². The van der Waals surface area contributed by atoms with E-state index in [1.807, 2.05) is 44.2 Å². The lowest BCUT2D eigenvalue weighted by Gasteiger charge is -2.14. The number of Topliss-reactive ketones (excluding diaryl/α,β-unsaturated/α-hetero) is 1. The SMILES string of the molecule is Cc1sc(C(=O)O)cc1C1=C(c2cc(C(=O)CNC(=O)OCC3c4ccccc4-c4ccccc43)sc2C)CCC1. The number of thiophene rings is 2. The summed E-state index contributed by atoms with van der Waals surface area (Å²) in [6.45, 7) is 4.01. The van der Waals surface area contributed by atoms with Crippen molar-refractivity contribution in [1.29, 1.82) is 0 Å². The highest BCUT2D eigenvalue weighted by Gasteiger charge is 2.29. The number of carbonyl (C=O) groups excluding carboxylic acids is 2. The highest BCUT2D eigenvalue weighted by molar-refractivity contribution is 7.14. The molecule has 2 N–H and O–H groups in total. The van der Waals surface area contributed by atoms with Crippen LogP contribution >= 0.6 is 22.7 Å². The Kier molecular flexibility index (Phi) is 7.36. The molecule has 0 unspecified atom stereocenters. The first kappa shape index (κ1) is 27.2. The van der Waals surface area contributed by atoms with E-state index in [0.29, 0.717) is 9.75 Å². The monoisotopic (exact) mass is 583 g/mol. The van der Waals surface area contributed by atoms with Gasteiger partial charge in [-0.25, -0.2) is 9.59 Å². The van der Waals surface area contributed by atoms with Crippen LogP contribution in [0.2, 0.25) is 0 Å². The van der Waals surface area contributed by atoms with Gasteiger partial charge >= 0.3 is 12.1 Å². The van der Waals surface area contributed by atoms with Gasteiger partial charge in [0.1, 0.15) is 11.5 Å². The van der Waals surface area contributed by atoms with E-state index in [9.17, 15) is 19.5 Å². The molecule has 0 saturated carbocycles. The summed E-state index contributed by atoms with van der Waals surface area (Å²) in [5, 5.41) is 12.1. The molecule has 2 aromatic carbocycles. The normalized spacial score (nSPS) is 14.2. The van der Waals surface area contributed by atoms with Crippen molar-refractivity contribution in [3.63, 3.8) is 0 Å². The van der Waals surface area contributed by atoms with E-state index >= 15 is 0 Å². The fraction of sp³-hybridized carbons (Fsp3) is 0.242. The molecule has 0 bridgehead atoms. The van der Waals surface area contributed by atoms with Crippen molar-refractivity contribution in [1.82, 2.24) is 5.32 Å². The zero-order valence-electron chi connectivity index (χ0n) is 22.8. The van der Waals surface area contributed by atoms with E-state index in [4.69, 9.17) is 4.74 Å². The van der Waals surface area contributed by atoms with Crippen LogP contribution in [0.3, 0.4) is 0 Å². The topological polar surface area (TPSA) is 92.7 Å². The number of rotatable bonds is 8. The van der Waals surface area contributed by atoms with Crippen molar-refractivity contribution in [3.05, 3.63) is 102 Å². The number of hydrogen-bond acceptors (Lipinski definition) is 6. The van der Waals surface area contributed by atoms with Gasteiger partial charge in [-0.05, 0) is 89.8 Å². The number of alkyl carbamates (subject to hydrolysis) is 1. The first-order valence-corrected chi connectivity index (χ1v) is 15.2. The molecule has 4 aromatic rings. The molecule has 0 atom stereocenters. The van der Waals surface area contributed by atoms with Crippen LogP contribution in [0.25, 0.3) is 22.3 Å². The standard InChI is InChI=1S/C33H29NO5S2/c1-18-26(22-12-7-13-23(22)27-15-31(32(36)37)41-19(27)2)14-30(40-18)29(35)16-34-33(38)39-17-28-24-10-5-3-8-20(24)21-9-4-6-11-25(21)28/h3-6,8-11,14-15,28H,7,12-13,16-17H2,1-2H3,(H,34,38)(H,36,37). The molecule has 0 fully saturated rings. The molecule has 0 radical (unpaired) electrons. The summed E-state index contributed by atoms with van der Waals surface area (Å²) in [5.41, 5.74) is 8.97. The number of amides is 1. The fourth-order valence-electron chi connectivity index (χ4n) is 6.03. The number of allylic oxidation sites excluding steroid dienone is 2. The Morgan fingerprint density at radius 3 is 1.93 bits per heavy atom. The van der Waals surface area contributed by atoms with Gasteiger partial charge in [0.25, 0.3) is 0 Å². The molecule has 2 heterocycles. The van der Waals surface area contributed by atoms with Gasteiger partial charge in [-0.3, -0.25) is 4.79 Å². The molecular formula is C33H29NO5S2. The zero-order valence-corrected chi connectivity index (χ0v) is 24.4. The first-order chi connectivity index (χ1) is 19.8. The first-order valence-electron chi connectivity index (χ1n) is 13.6. The molecule has 0 spiro atoms. The van der Waals surface area contributed by atoms with Crippen molar-refractivity contribution in [2.45, 2.75) is 39.0 Å². The second kappa shape index (κ2) is 11.1. The number of ether oxygens (including phenoxy) is 1. The average Bonchev–Trinajstić information content (AvgIpc) is 3.74. The van der Waals surface area contributed by atoms with Crippen molar-refractivity contribution in [2.75, 3.05) is 13.2 Å². The summed E-state index contributed by atoms with van der Waals surface area (Å²) < 4.78 is 5.58. The molecular weight excluding hydrogens is 554 g/mol. The van der Waals surface area contributed by atoms with Crippen molar-refractivity contribution in [2.24, 2.45) is 0 Å². The van der Waals surface area contributed by atoms with Crippen LogP contribution in [0.15, 0.2) is 60.7 Å². The zero-order chi connectivity index (χ0) is 28.7. The summed E-state index contributed by atoms with van der Waals surface area (Å²) in [6.07, 6.45) is 2.14. The van der Waals surface area contributed by atoms with Crippen LogP contribution in [0, 0.1) is 13.8 Å². The maximum Gasteiger partial charge on any atom is 0.407 e. The van der Waals surface area contributed by atoms with E-state index in [0.717, 1.165) is 62.4 Å². The third-order valence-electron chi connectivity index (χ3n) is 7.93. The number of carboxylic acid groups (broad SMARTS) is 1. The molecule has 1 amide bonds. The lowest BCUT2D eigenvalue weighted by atomic mass is 9.97. The minimum atomic E-state index is -0.909. The molecule has 41 heavy (non-hydrogen) atoms. The van der Waals surface area contributed by atoms with Gasteiger partial charge in [-0.1, -0.05) is 48.5 Å². The Bertz CT molecular complexity index is 1680. The number of aromatic carboxylic acids is 1. The minimum absolute atomic E-state index is 0.0429. The number of benzene rings is 2. The summed E-state index contributed by atoms with van der Waals surface area (Å²) in [4.78, 5) is 40.1. The Morgan fingerprint density at radius 2 is 1.37 bits per heavy atom. The van der Waals surface area contributed by atoms with E-state index in [1.54, 1.807) is 6.07 Å². The molecule has 0 saturated heterocycles. The van der Waals surface area contributed by atoms with Crippen molar-refractivity contribution in [3.8, 4) is 11.1 Å². The van der Waals surface area contributed by atoms with E-state index in [-0.39, 0.29) is 24.9 Å². The average molecular weight is 584 g/mol. The smallest absolute Gasteiger partial charge is 0.407 e. The Morgan fingerprint density at radius 1 is 0.829 bits per heavy atom. The molecule has 208 valence electrons. The summed E-state index contributed by atoms with van der Waals surface area (Å²) in [7, 11) is 0. The lowest BCUT2D eigenvalue weighted by Crippen LogP contribution is -2.30. The number of ketones is 1. The molecule has 2 aliphatic carbocycles. The maximum atomic E-state index is 13.1. The fourth-order valence-corrected chi connectivity index (χ4v) is 7.90. The number of aryl methyl sites for hydroxylation is 2. The van der Waals surface area contributed by atoms with Gasteiger partial charge < -0.3 is 15.2 Å². The van der Waals surface area contributed by atoms with E-state index in [2.05, 4.69) is 29.6 Å². The Labute approximate surface area is 246 Å². The van der Waals surface area contributed by atoms with Crippen LogP contribution in [0.5, 0.6) is 0 Å². The van der Waals surface area contributed by atoms with Crippen molar-refractivity contribution >= 4 is 51.7 Å². The highest BCUT2D eigenvalue weighted by Crippen LogP contribution is 2.46. The van der Waals surface area contributed by atoms with Crippen LogP contribution in [-0.4, -0.2) is 36.1 Å². The minimum Gasteiger partial charge on any atom is -0.477 e. The highest BCUT2D eigenvalue weighted by atomic mass is 32.1. The quantitative estimate of drug-likeness (QED) is 0.205. The Balaban J connectivity index is 1.12. The predicted molar refractivity (Wildman–Crippen MR) is 163 cm³/mol. The Hall–Kier alpha value is -4.01. The lowest BCUT2D eigenvalue weighted by molar-refractivity contribution is 0.0701. The second-order valence-electron chi connectivity index (χ2n) is 10.4. The van der Waals surface area contributed by atoms with E-state index in [1.165, 1.54) is 33.8 Å².